The van der Waals surface area contributed by atoms with Crippen LogP contribution in [-0.2, 0) is 4.79 Å². The molecule has 1 aliphatic rings. The van der Waals surface area contributed by atoms with Crippen LogP contribution in [0, 0.1) is 5.41 Å². The molecule has 0 aromatic carbocycles. The van der Waals surface area contributed by atoms with Crippen molar-refractivity contribution in [2.75, 3.05) is 0 Å². The summed E-state index contributed by atoms with van der Waals surface area (Å²) in [6.07, 6.45) is 12.7. The Bertz CT molecular complexity index is 341. The van der Waals surface area contributed by atoms with Crippen molar-refractivity contribution in [1.82, 2.24) is 5.43 Å². The Morgan fingerprint density at radius 2 is 1.45 bits per heavy atom. The number of ketones is 1. The summed E-state index contributed by atoms with van der Waals surface area (Å²) in [4.78, 5) is 22.9. The highest BCUT2D eigenvalue weighted by Gasteiger charge is 2.30. The van der Waals surface area contributed by atoms with Gasteiger partial charge in [-0.3, -0.25) is 4.79 Å². The number of nitrogens with one attached hydrogen (secondary N) is 1. The Balaban J connectivity index is 2.60. The number of hydrogen-bond donors (Lipinski definition) is 2. The van der Waals surface area contributed by atoms with Gasteiger partial charge in [0.2, 0.25) is 0 Å². The molecule has 0 unspecified atom stereocenters. The van der Waals surface area contributed by atoms with E-state index in [-0.39, 0.29) is 11.2 Å². The number of nitrogens with two attached hydrogens (primary N) is 1. The Kier molecular flexibility index (Phi) is 7.26. The van der Waals surface area contributed by atoms with Crippen molar-refractivity contribution in [3.63, 3.8) is 0 Å². The molecule has 0 heterocycles. The zero-order valence-corrected chi connectivity index (χ0v) is 12.5. The van der Waals surface area contributed by atoms with Crippen LogP contribution in [0.4, 0.5) is 4.79 Å². The minimum absolute atomic E-state index is 0.00880. The quantitative estimate of drug-likeness (QED) is 0.615. The normalized spacial score (nSPS) is 21.1. The molecule has 0 aromatic rings. The first-order chi connectivity index (χ1) is 9.54. The van der Waals surface area contributed by atoms with Crippen molar-refractivity contribution in [3.05, 3.63) is 0 Å². The molecule has 0 saturated heterocycles. The predicted octanol–water partition coefficient (Wildman–Crippen LogP) is 3.13. The third kappa shape index (κ3) is 6.17. The number of primary amides is 1. The molecule has 2 amide bonds. The molecule has 0 radical (unpaired) electrons. The van der Waals surface area contributed by atoms with Crippen LogP contribution in [0.15, 0.2) is 5.10 Å². The van der Waals surface area contributed by atoms with Crippen molar-refractivity contribution in [2.45, 2.75) is 71.1 Å². The van der Waals surface area contributed by atoms with Crippen molar-refractivity contribution in [3.8, 4) is 0 Å². The van der Waals surface area contributed by atoms with E-state index in [2.05, 4.69) is 10.5 Å². The monoisotopic (exact) mass is 281 g/mol. The molecule has 1 rings (SSSR count). The van der Waals surface area contributed by atoms with Crippen molar-refractivity contribution < 1.29 is 9.59 Å². The first-order valence-corrected chi connectivity index (χ1v) is 7.67. The van der Waals surface area contributed by atoms with Crippen molar-refractivity contribution in [1.29, 1.82) is 0 Å². The lowest BCUT2D eigenvalue weighted by atomic mass is 9.76. The standard InChI is InChI=1S/C15H27N3O2/c1-15(13(19)12-17-18-14(16)20)10-8-6-4-2-3-5-7-9-11-15/h12H,2-11H2,1H3,(H3,16,18,20)/b17-12-. The van der Waals surface area contributed by atoms with E-state index in [1.54, 1.807) is 0 Å². The molecule has 0 aliphatic heterocycles. The lowest BCUT2D eigenvalue weighted by Crippen LogP contribution is -2.31. The second-order valence-electron chi connectivity index (χ2n) is 5.99. The number of rotatable bonds is 3. The second-order valence-corrected chi connectivity index (χ2v) is 5.99. The third-order valence-corrected chi connectivity index (χ3v) is 4.16. The molecule has 1 fully saturated rings. The topological polar surface area (TPSA) is 84.6 Å². The second kappa shape index (κ2) is 8.72. The fraction of sp³-hybridized carbons (Fsp3) is 0.800. The van der Waals surface area contributed by atoms with Crippen molar-refractivity contribution >= 4 is 18.0 Å². The minimum Gasteiger partial charge on any atom is -0.350 e. The van der Waals surface area contributed by atoms with E-state index in [0.717, 1.165) is 25.7 Å². The maximum absolute atomic E-state index is 12.3. The van der Waals surface area contributed by atoms with Crippen LogP contribution in [0.25, 0.3) is 0 Å². The smallest absolute Gasteiger partial charge is 0.332 e. The highest BCUT2D eigenvalue weighted by molar-refractivity contribution is 6.29. The number of nitrogens with zero attached hydrogens (tertiary/aromatic N) is 1. The van der Waals surface area contributed by atoms with E-state index < -0.39 is 6.03 Å². The summed E-state index contributed by atoms with van der Waals surface area (Å²) in [5.41, 5.74) is 6.64. The number of hydrogen-bond acceptors (Lipinski definition) is 3. The van der Waals surface area contributed by atoms with Gasteiger partial charge in [-0.1, -0.05) is 58.3 Å². The first-order valence-electron chi connectivity index (χ1n) is 7.67. The van der Waals surface area contributed by atoms with Crippen LogP contribution in [0.1, 0.15) is 71.1 Å². The molecule has 5 nitrogen and oxygen atoms in total. The van der Waals surface area contributed by atoms with Gasteiger partial charge in [-0.15, -0.1) is 0 Å². The lowest BCUT2D eigenvalue weighted by Gasteiger charge is -2.26. The van der Waals surface area contributed by atoms with Gasteiger partial charge in [-0.05, 0) is 12.8 Å². The van der Waals surface area contributed by atoms with Crippen LogP contribution < -0.4 is 11.2 Å². The van der Waals surface area contributed by atoms with Gasteiger partial charge in [0, 0.05) is 5.41 Å². The summed E-state index contributed by atoms with van der Waals surface area (Å²) in [6.45, 7) is 2.02. The van der Waals surface area contributed by atoms with Crippen LogP contribution in [0.3, 0.4) is 0 Å². The molecule has 0 aromatic heterocycles. The number of carbonyl (C=O) groups excluding carboxylic acids is 2. The zero-order valence-electron chi connectivity index (χ0n) is 12.5. The Hall–Kier alpha value is -1.39. The van der Waals surface area contributed by atoms with E-state index in [0.29, 0.717) is 0 Å². The third-order valence-electron chi connectivity index (χ3n) is 4.16. The molecule has 0 atom stereocenters. The summed E-state index contributed by atoms with van der Waals surface area (Å²) in [7, 11) is 0. The van der Waals surface area contributed by atoms with Gasteiger partial charge in [0.1, 0.15) is 0 Å². The summed E-state index contributed by atoms with van der Waals surface area (Å²) in [5, 5.41) is 3.61. The molecular weight excluding hydrogens is 254 g/mol. The molecule has 20 heavy (non-hydrogen) atoms. The maximum Gasteiger partial charge on any atom is 0.332 e. The SMILES string of the molecule is CC1(C(=O)/C=N\NC(N)=O)CCCCCCCCCC1. The van der Waals surface area contributed by atoms with E-state index in [1.807, 2.05) is 6.92 Å². The predicted molar refractivity (Wildman–Crippen MR) is 80.5 cm³/mol. The van der Waals surface area contributed by atoms with E-state index in [1.165, 1.54) is 44.7 Å². The Morgan fingerprint density at radius 1 is 1.00 bits per heavy atom. The molecular formula is C15H27N3O2. The number of carbonyl (C=O) groups is 2. The molecule has 0 bridgehead atoms. The largest absolute Gasteiger partial charge is 0.350 e. The van der Waals surface area contributed by atoms with E-state index >= 15 is 0 Å². The van der Waals surface area contributed by atoms with E-state index in [4.69, 9.17) is 5.73 Å². The van der Waals surface area contributed by atoms with Crippen molar-refractivity contribution in [2.24, 2.45) is 16.3 Å². The molecule has 3 N–H and O–H groups in total. The fourth-order valence-electron chi connectivity index (χ4n) is 2.77. The number of Topliss-reactive ketones (excluding diaryl/α,β-unsaturated/α-hetero) is 1. The molecule has 0 spiro atoms. The van der Waals surface area contributed by atoms with Crippen LogP contribution in [0.2, 0.25) is 0 Å². The van der Waals surface area contributed by atoms with Gasteiger partial charge < -0.3 is 5.73 Å². The average molecular weight is 281 g/mol. The van der Waals surface area contributed by atoms with Gasteiger partial charge in [0.15, 0.2) is 5.78 Å². The van der Waals surface area contributed by atoms with Gasteiger partial charge >= 0.3 is 6.03 Å². The van der Waals surface area contributed by atoms with Gasteiger partial charge in [0.25, 0.3) is 0 Å². The summed E-state index contributed by atoms with van der Waals surface area (Å²) in [5.74, 6) is -0.00880. The van der Waals surface area contributed by atoms with Crippen LogP contribution in [0.5, 0.6) is 0 Å². The summed E-state index contributed by atoms with van der Waals surface area (Å²) >= 11 is 0. The van der Waals surface area contributed by atoms with E-state index in [9.17, 15) is 9.59 Å². The highest BCUT2D eigenvalue weighted by Crippen LogP contribution is 2.32. The summed E-state index contributed by atoms with van der Waals surface area (Å²) in [6, 6.07) is -0.748. The Morgan fingerprint density at radius 3 is 1.90 bits per heavy atom. The number of urea groups is 1. The maximum atomic E-state index is 12.3. The van der Waals surface area contributed by atoms with Gasteiger partial charge in [-0.2, -0.15) is 5.10 Å². The average Bonchev–Trinajstić information content (AvgIpc) is 2.44. The van der Waals surface area contributed by atoms with Crippen LogP contribution in [-0.4, -0.2) is 18.0 Å². The van der Waals surface area contributed by atoms with Gasteiger partial charge in [0.05, 0.1) is 6.21 Å². The molecule has 5 heteroatoms. The highest BCUT2D eigenvalue weighted by atomic mass is 16.2. The van der Waals surface area contributed by atoms with Crippen LogP contribution >= 0.6 is 0 Å². The molecule has 1 aliphatic carbocycles. The molecule has 1 saturated carbocycles. The number of hydrazone groups is 1. The zero-order chi connectivity index (χ0) is 14.8. The van der Waals surface area contributed by atoms with Gasteiger partial charge in [-0.25, -0.2) is 10.2 Å². The lowest BCUT2D eigenvalue weighted by molar-refractivity contribution is -0.121. The molecule has 114 valence electrons. The minimum atomic E-state index is -0.748. The fourth-order valence-corrected chi connectivity index (χ4v) is 2.77. The summed E-state index contributed by atoms with van der Waals surface area (Å²) < 4.78 is 0. The first kappa shape index (κ1) is 16.7. The Labute approximate surface area is 121 Å². The number of amides is 2.